The number of nitrogens with one attached hydrogen (secondary N) is 1. The number of hydrogen-bond acceptors (Lipinski definition) is 5. The molecule has 0 saturated carbocycles. The molecule has 1 heterocycles. The van der Waals surface area contributed by atoms with E-state index >= 15 is 0 Å². The molecule has 0 aromatic carbocycles. The topological polar surface area (TPSA) is 76.4 Å². The number of rotatable bonds is 5. The molecule has 0 saturated heterocycles. The molecule has 0 bridgehead atoms. The maximum Gasteiger partial charge on any atom is 0.242 e. The smallest absolute Gasteiger partial charge is 0.242 e. The minimum absolute atomic E-state index is 0.0556. The van der Waals surface area contributed by atoms with Crippen LogP contribution in [0.3, 0.4) is 0 Å². The van der Waals surface area contributed by atoms with E-state index < -0.39 is 6.04 Å². The van der Waals surface area contributed by atoms with E-state index in [1.54, 1.807) is 33.0 Å². The SMILES string of the molecule is CC(C(=O)Nc1sc2c(c1C#N)CCC2)N(C)CC(=O)N(C)C. The Bertz CT molecular complexity index is 660. The van der Waals surface area contributed by atoms with Crippen molar-refractivity contribution in [2.75, 3.05) is 33.0 Å². The number of carbonyl (C=O) groups is 2. The lowest BCUT2D eigenvalue weighted by atomic mass is 10.1. The van der Waals surface area contributed by atoms with E-state index in [-0.39, 0.29) is 18.4 Å². The van der Waals surface area contributed by atoms with Gasteiger partial charge in [0.05, 0.1) is 18.2 Å². The minimum Gasteiger partial charge on any atom is -0.348 e. The van der Waals surface area contributed by atoms with Crippen LogP contribution in [0.2, 0.25) is 0 Å². The Kier molecular flexibility index (Phi) is 5.39. The van der Waals surface area contributed by atoms with Gasteiger partial charge in [-0.25, -0.2) is 0 Å². The number of likely N-dealkylation sites (N-methyl/N-ethyl adjacent to an activating group) is 2. The molecule has 6 nitrogen and oxygen atoms in total. The Labute approximate surface area is 140 Å². The Hall–Kier alpha value is -1.91. The minimum atomic E-state index is -0.456. The van der Waals surface area contributed by atoms with Crippen molar-refractivity contribution in [3.05, 3.63) is 16.0 Å². The van der Waals surface area contributed by atoms with Crippen molar-refractivity contribution >= 4 is 28.2 Å². The molecule has 0 aliphatic heterocycles. The monoisotopic (exact) mass is 334 g/mol. The van der Waals surface area contributed by atoms with E-state index in [2.05, 4.69) is 11.4 Å². The van der Waals surface area contributed by atoms with E-state index in [0.29, 0.717) is 10.6 Å². The Morgan fingerprint density at radius 1 is 1.35 bits per heavy atom. The number of fused-ring (bicyclic) bond motifs is 1. The van der Waals surface area contributed by atoms with E-state index in [1.807, 2.05) is 0 Å². The summed E-state index contributed by atoms with van der Waals surface area (Å²) < 4.78 is 0. The second kappa shape index (κ2) is 7.11. The van der Waals surface area contributed by atoms with Crippen molar-refractivity contribution < 1.29 is 9.59 Å². The van der Waals surface area contributed by atoms with Gasteiger partial charge in [-0.05, 0) is 38.8 Å². The average molecular weight is 334 g/mol. The van der Waals surface area contributed by atoms with Crippen molar-refractivity contribution in [1.29, 1.82) is 5.26 Å². The molecule has 1 aliphatic rings. The van der Waals surface area contributed by atoms with Crippen molar-refractivity contribution in [2.24, 2.45) is 0 Å². The molecule has 124 valence electrons. The Morgan fingerprint density at radius 2 is 2.04 bits per heavy atom. The van der Waals surface area contributed by atoms with Gasteiger partial charge in [0.1, 0.15) is 11.1 Å². The molecule has 2 rings (SSSR count). The zero-order valence-electron chi connectivity index (χ0n) is 14.0. The van der Waals surface area contributed by atoms with Crippen LogP contribution in [0.25, 0.3) is 0 Å². The average Bonchev–Trinajstić information content (AvgIpc) is 3.06. The highest BCUT2D eigenvalue weighted by atomic mass is 32.1. The predicted molar refractivity (Wildman–Crippen MR) is 90.5 cm³/mol. The number of nitrogens with zero attached hydrogens (tertiary/aromatic N) is 3. The van der Waals surface area contributed by atoms with E-state index in [1.165, 1.54) is 21.1 Å². The van der Waals surface area contributed by atoms with Crippen LogP contribution >= 0.6 is 11.3 Å². The van der Waals surface area contributed by atoms with Gasteiger partial charge in [-0.15, -0.1) is 11.3 Å². The first kappa shape index (κ1) is 17.4. The highest BCUT2D eigenvalue weighted by Gasteiger charge is 2.26. The molecule has 0 spiro atoms. The molecule has 7 heteroatoms. The Balaban J connectivity index is 2.05. The largest absolute Gasteiger partial charge is 0.348 e. The summed E-state index contributed by atoms with van der Waals surface area (Å²) in [7, 11) is 5.12. The van der Waals surface area contributed by atoms with Crippen LogP contribution in [-0.2, 0) is 22.4 Å². The predicted octanol–water partition coefficient (Wildman–Crippen LogP) is 1.46. The lowest BCUT2D eigenvalue weighted by molar-refractivity contribution is -0.131. The third kappa shape index (κ3) is 3.71. The summed E-state index contributed by atoms with van der Waals surface area (Å²) in [6, 6.07) is 1.76. The maximum absolute atomic E-state index is 12.4. The molecule has 1 aromatic heterocycles. The molecule has 1 aliphatic carbocycles. The highest BCUT2D eigenvalue weighted by Crippen LogP contribution is 2.38. The van der Waals surface area contributed by atoms with Crippen LogP contribution in [0.1, 0.15) is 29.3 Å². The molecule has 23 heavy (non-hydrogen) atoms. The third-order valence-electron chi connectivity index (χ3n) is 4.19. The van der Waals surface area contributed by atoms with Crippen LogP contribution in [0.4, 0.5) is 5.00 Å². The van der Waals surface area contributed by atoms with E-state index in [4.69, 9.17) is 0 Å². The molecule has 1 unspecified atom stereocenters. The normalized spacial score (nSPS) is 14.3. The Morgan fingerprint density at radius 3 is 2.65 bits per heavy atom. The van der Waals surface area contributed by atoms with Crippen LogP contribution < -0.4 is 5.32 Å². The molecule has 1 aromatic rings. The van der Waals surface area contributed by atoms with Crippen molar-refractivity contribution in [2.45, 2.75) is 32.2 Å². The molecular formula is C16H22N4O2S. The second-order valence-electron chi connectivity index (χ2n) is 6.04. The number of anilines is 1. The summed E-state index contributed by atoms with van der Waals surface area (Å²) in [4.78, 5) is 28.6. The van der Waals surface area contributed by atoms with E-state index in [9.17, 15) is 14.9 Å². The summed E-state index contributed by atoms with van der Waals surface area (Å²) in [6.45, 7) is 1.93. The van der Waals surface area contributed by atoms with Gasteiger partial charge in [-0.3, -0.25) is 14.5 Å². The molecule has 2 amide bonds. The maximum atomic E-state index is 12.4. The fourth-order valence-electron chi connectivity index (χ4n) is 2.52. The van der Waals surface area contributed by atoms with Crippen LogP contribution in [0.5, 0.6) is 0 Å². The molecule has 1 N–H and O–H groups in total. The highest BCUT2D eigenvalue weighted by molar-refractivity contribution is 7.16. The zero-order valence-corrected chi connectivity index (χ0v) is 14.8. The van der Waals surface area contributed by atoms with Gasteiger partial charge in [0, 0.05) is 19.0 Å². The van der Waals surface area contributed by atoms with Crippen LogP contribution in [0, 0.1) is 11.3 Å². The van der Waals surface area contributed by atoms with E-state index in [0.717, 1.165) is 24.8 Å². The number of amides is 2. The van der Waals surface area contributed by atoms with Gasteiger partial charge in [-0.1, -0.05) is 0 Å². The van der Waals surface area contributed by atoms with Crippen molar-refractivity contribution in [3.63, 3.8) is 0 Å². The summed E-state index contributed by atoms with van der Waals surface area (Å²) >= 11 is 1.50. The third-order valence-corrected chi connectivity index (χ3v) is 5.40. The van der Waals surface area contributed by atoms with Crippen LogP contribution in [-0.4, -0.2) is 55.3 Å². The summed E-state index contributed by atoms with van der Waals surface area (Å²) in [5.74, 6) is -0.254. The fourth-order valence-corrected chi connectivity index (χ4v) is 3.76. The number of nitriles is 1. The van der Waals surface area contributed by atoms with Gasteiger partial charge in [-0.2, -0.15) is 5.26 Å². The fraction of sp³-hybridized carbons (Fsp3) is 0.562. The number of carbonyl (C=O) groups excluding carboxylic acids is 2. The number of thiophene rings is 1. The molecule has 1 atom stereocenters. The van der Waals surface area contributed by atoms with Gasteiger partial charge >= 0.3 is 0 Å². The summed E-state index contributed by atoms with van der Waals surface area (Å²) in [5.41, 5.74) is 1.70. The van der Waals surface area contributed by atoms with Crippen molar-refractivity contribution in [1.82, 2.24) is 9.80 Å². The zero-order chi connectivity index (χ0) is 17.1. The summed E-state index contributed by atoms with van der Waals surface area (Å²) in [6.07, 6.45) is 2.98. The van der Waals surface area contributed by atoms with Gasteiger partial charge in [0.25, 0.3) is 0 Å². The van der Waals surface area contributed by atoms with Gasteiger partial charge in [0.2, 0.25) is 11.8 Å². The molecular weight excluding hydrogens is 312 g/mol. The molecule has 0 fully saturated rings. The number of aryl methyl sites for hydroxylation is 1. The summed E-state index contributed by atoms with van der Waals surface area (Å²) in [5, 5.41) is 12.9. The van der Waals surface area contributed by atoms with Gasteiger partial charge in [0.15, 0.2) is 0 Å². The standard InChI is InChI=1S/C16H22N4O2S/c1-10(20(4)9-14(21)19(2)3)15(22)18-16-12(8-17)11-6-5-7-13(11)23-16/h10H,5-7,9H2,1-4H3,(H,18,22). The van der Waals surface area contributed by atoms with Crippen LogP contribution in [0.15, 0.2) is 0 Å². The lowest BCUT2D eigenvalue weighted by Gasteiger charge is -2.24. The quantitative estimate of drug-likeness (QED) is 0.884. The van der Waals surface area contributed by atoms with Gasteiger partial charge < -0.3 is 10.2 Å². The van der Waals surface area contributed by atoms with Crippen molar-refractivity contribution in [3.8, 4) is 6.07 Å². The lowest BCUT2D eigenvalue weighted by Crippen LogP contribution is -2.44. The number of hydrogen-bond donors (Lipinski definition) is 1. The second-order valence-corrected chi connectivity index (χ2v) is 7.15. The first-order valence-electron chi connectivity index (χ1n) is 7.61. The first-order valence-corrected chi connectivity index (χ1v) is 8.42. The molecule has 0 radical (unpaired) electrons. The first-order chi connectivity index (χ1) is 10.8.